The Labute approximate surface area is 164 Å². The molecule has 0 bridgehead atoms. The van der Waals surface area contributed by atoms with Gasteiger partial charge in [-0.15, -0.1) is 0 Å². The molecule has 1 aliphatic rings. The number of carbonyl (C=O) groups excluding carboxylic acids is 3. The van der Waals surface area contributed by atoms with Crippen molar-refractivity contribution >= 4 is 23.4 Å². The van der Waals surface area contributed by atoms with Crippen LogP contribution in [-0.2, 0) is 4.79 Å². The minimum absolute atomic E-state index is 0.190. The molecule has 2 aromatic carbocycles. The Hall–Kier alpha value is -3.15. The van der Waals surface area contributed by atoms with Crippen LogP contribution in [0.5, 0.6) is 5.75 Å². The lowest BCUT2D eigenvalue weighted by atomic mass is 9.96. The molecule has 1 N–H and O–H groups in total. The van der Waals surface area contributed by atoms with E-state index in [2.05, 4.69) is 5.32 Å². The van der Waals surface area contributed by atoms with Crippen LogP contribution in [0.25, 0.3) is 0 Å². The van der Waals surface area contributed by atoms with Gasteiger partial charge in [-0.25, -0.2) is 0 Å². The number of anilines is 1. The number of hydrogen-bond acceptors (Lipinski definition) is 4. The molecule has 2 aromatic rings. The fraction of sp³-hybridized carbons (Fsp3) is 0.318. The third-order valence-corrected chi connectivity index (χ3v) is 4.99. The van der Waals surface area contributed by atoms with Crippen molar-refractivity contribution in [1.82, 2.24) is 4.90 Å². The largest absolute Gasteiger partial charge is 0.494 e. The van der Waals surface area contributed by atoms with Crippen LogP contribution in [0.3, 0.4) is 0 Å². The molecule has 3 amide bonds. The number of amides is 3. The lowest BCUT2D eigenvalue weighted by Crippen LogP contribution is -2.50. The summed E-state index contributed by atoms with van der Waals surface area (Å²) in [5.41, 5.74) is 1.27. The predicted octanol–water partition coefficient (Wildman–Crippen LogP) is 3.73. The normalized spacial score (nSPS) is 15.2. The molecule has 0 aliphatic carbocycles. The molecule has 0 saturated carbocycles. The molecule has 146 valence electrons. The second-order valence-corrected chi connectivity index (χ2v) is 6.80. The molecule has 2 atom stereocenters. The van der Waals surface area contributed by atoms with E-state index in [1.807, 2.05) is 20.8 Å². The van der Waals surface area contributed by atoms with Crippen LogP contribution in [0.2, 0.25) is 0 Å². The Bertz CT molecular complexity index is 857. The zero-order valence-corrected chi connectivity index (χ0v) is 16.3. The first kappa shape index (κ1) is 19.6. The summed E-state index contributed by atoms with van der Waals surface area (Å²) in [6, 6.07) is 12.8. The van der Waals surface area contributed by atoms with Gasteiger partial charge in [-0.3, -0.25) is 19.3 Å². The van der Waals surface area contributed by atoms with Crippen molar-refractivity contribution in [3.05, 3.63) is 59.7 Å². The van der Waals surface area contributed by atoms with Gasteiger partial charge in [0.05, 0.1) is 17.7 Å². The second kappa shape index (κ2) is 8.25. The number of hydrogen-bond donors (Lipinski definition) is 1. The number of rotatable bonds is 7. The van der Waals surface area contributed by atoms with Gasteiger partial charge in [0.25, 0.3) is 11.8 Å². The third-order valence-electron chi connectivity index (χ3n) is 4.99. The SMILES string of the molecule is CCOc1ccc(NC(=O)[C@H]([C@@H](C)CC)N2C(=O)c3ccccc3C2=O)cc1. The van der Waals surface area contributed by atoms with Gasteiger partial charge < -0.3 is 10.1 Å². The third kappa shape index (κ3) is 3.63. The lowest BCUT2D eigenvalue weighted by Gasteiger charge is -2.29. The van der Waals surface area contributed by atoms with Gasteiger partial charge in [-0.2, -0.15) is 0 Å². The standard InChI is InChI=1S/C22H24N2O4/c1-4-14(3)19(20(25)23-15-10-12-16(13-11-15)28-5-2)24-21(26)17-8-6-7-9-18(17)22(24)27/h6-14,19H,4-5H2,1-3H3,(H,23,25)/t14-,19-/m0/s1. The van der Waals surface area contributed by atoms with E-state index in [0.717, 1.165) is 4.90 Å². The van der Waals surface area contributed by atoms with Crippen LogP contribution in [0.15, 0.2) is 48.5 Å². The Balaban J connectivity index is 1.85. The molecule has 0 unspecified atom stereocenters. The number of benzene rings is 2. The van der Waals surface area contributed by atoms with Crippen LogP contribution < -0.4 is 10.1 Å². The van der Waals surface area contributed by atoms with E-state index in [0.29, 0.717) is 35.6 Å². The van der Waals surface area contributed by atoms with E-state index in [1.165, 1.54) is 0 Å². The van der Waals surface area contributed by atoms with Crippen LogP contribution in [-0.4, -0.2) is 35.3 Å². The van der Waals surface area contributed by atoms with Crippen molar-refractivity contribution in [1.29, 1.82) is 0 Å². The summed E-state index contributed by atoms with van der Waals surface area (Å²) < 4.78 is 5.40. The number of nitrogens with zero attached hydrogens (tertiary/aromatic N) is 1. The summed E-state index contributed by atoms with van der Waals surface area (Å²) >= 11 is 0. The van der Waals surface area contributed by atoms with Crippen LogP contribution in [0.4, 0.5) is 5.69 Å². The highest BCUT2D eigenvalue weighted by molar-refractivity contribution is 6.23. The maximum Gasteiger partial charge on any atom is 0.262 e. The predicted molar refractivity (Wildman–Crippen MR) is 106 cm³/mol. The van der Waals surface area contributed by atoms with Crippen LogP contribution in [0, 0.1) is 5.92 Å². The smallest absolute Gasteiger partial charge is 0.262 e. The highest BCUT2D eigenvalue weighted by Crippen LogP contribution is 2.29. The van der Waals surface area contributed by atoms with Gasteiger partial charge in [0.1, 0.15) is 11.8 Å². The van der Waals surface area contributed by atoms with E-state index < -0.39 is 17.9 Å². The zero-order chi connectivity index (χ0) is 20.3. The fourth-order valence-corrected chi connectivity index (χ4v) is 3.33. The van der Waals surface area contributed by atoms with E-state index in [1.54, 1.807) is 48.5 Å². The molecule has 1 aliphatic heterocycles. The minimum Gasteiger partial charge on any atom is -0.494 e. The van der Waals surface area contributed by atoms with Gasteiger partial charge in [-0.05, 0) is 49.2 Å². The molecule has 3 rings (SSSR count). The molecule has 0 saturated heterocycles. The Kier molecular flexibility index (Phi) is 5.78. The first-order valence-corrected chi connectivity index (χ1v) is 9.48. The molecule has 0 aromatic heterocycles. The quantitative estimate of drug-likeness (QED) is 0.743. The Morgan fingerprint density at radius 2 is 1.57 bits per heavy atom. The average Bonchev–Trinajstić information content (AvgIpc) is 2.95. The van der Waals surface area contributed by atoms with E-state index >= 15 is 0 Å². The fourth-order valence-electron chi connectivity index (χ4n) is 3.33. The van der Waals surface area contributed by atoms with Gasteiger partial charge in [0.2, 0.25) is 5.91 Å². The topological polar surface area (TPSA) is 75.7 Å². The van der Waals surface area contributed by atoms with Crippen molar-refractivity contribution in [2.45, 2.75) is 33.2 Å². The first-order valence-electron chi connectivity index (χ1n) is 9.48. The van der Waals surface area contributed by atoms with Crippen molar-refractivity contribution < 1.29 is 19.1 Å². The number of carbonyl (C=O) groups is 3. The van der Waals surface area contributed by atoms with Crippen molar-refractivity contribution in [3.8, 4) is 5.75 Å². The van der Waals surface area contributed by atoms with E-state index in [9.17, 15) is 14.4 Å². The van der Waals surface area contributed by atoms with Gasteiger partial charge >= 0.3 is 0 Å². The maximum absolute atomic E-state index is 13.1. The highest BCUT2D eigenvalue weighted by atomic mass is 16.5. The van der Waals surface area contributed by atoms with Crippen molar-refractivity contribution in [3.63, 3.8) is 0 Å². The number of ether oxygens (including phenoxy) is 1. The summed E-state index contributed by atoms with van der Waals surface area (Å²) in [6.07, 6.45) is 0.648. The lowest BCUT2D eigenvalue weighted by molar-refractivity contribution is -0.121. The number of imide groups is 1. The summed E-state index contributed by atoms with van der Waals surface area (Å²) in [5.74, 6) is -0.710. The molecular formula is C22H24N2O4. The summed E-state index contributed by atoms with van der Waals surface area (Å²) in [6.45, 7) is 6.25. The Morgan fingerprint density at radius 3 is 2.07 bits per heavy atom. The molecule has 0 radical (unpaired) electrons. The molecule has 6 heteroatoms. The van der Waals surface area contributed by atoms with E-state index in [4.69, 9.17) is 4.74 Å². The summed E-state index contributed by atoms with van der Waals surface area (Å²) in [5, 5.41) is 2.83. The number of fused-ring (bicyclic) bond motifs is 1. The van der Waals surface area contributed by atoms with E-state index in [-0.39, 0.29) is 11.8 Å². The minimum atomic E-state index is -0.885. The van der Waals surface area contributed by atoms with Crippen molar-refractivity contribution in [2.24, 2.45) is 5.92 Å². The Morgan fingerprint density at radius 1 is 1.00 bits per heavy atom. The summed E-state index contributed by atoms with van der Waals surface area (Å²) in [7, 11) is 0. The number of nitrogens with one attached hydrogen (secondary N) is 1. The average molecular weight is 380 g/mol. The van der Waals surface area contributed by atoms with Gasteiger partial charge in [0.15, 0.2) is 0 Å². The molecule has 6 nitrogen and oxygen atoms in total. The molecule has 1 heterocycles. The van der Waals surface area contributed by atoms with Crippen molar-refractivity contribution in [2.75, 3.05) is 11.9 Å². The molecule has 0 spiro atoms. The molecule has 28 heavy (non-hydrogen) atoms. The zero-order valence-electron chi connectivity index (χ0n) is 16.3. The van der Waals surface area contributed by atoms with Gasteiger partial charge in [0, 0.05) is 5.69 Å². The molecular weight excluding hydrogens is 356 g/mol. The highest BCUT2D eigenvalue weighted by Gasteiger charge is 2.44. The van der Waals surface area contributed by atoms with Gasteiger partial charge in [-0.1, -0.05) is 32.4 Å². The monoisotopic (exact) mass is 380 g/mol. The maximum atomic E-state index is 13.1. The molecule has 0 fully saturated rings. The second-order valence-electron chi connectivity index (χ2n) is 6.80. The van der Waals surface area contributed by atoms with Crippen LogP contribution >= 0.6 is 0 Å². The summed E-state index contributed by atoms with van der Waals surface area (Å²) in [4.78, 5) is 39.9. The first-order chi connectivity index (χ1) is 13.5. The van der Waals surface area contributed by atoms with Crippen LogP contribution in [0.1, 0.15) is 47.9 Å².